The summed E-state index contributed by atoms with van der Waals surface area (Å²) in [5, 5.41) is 5.81. The quantitative estimate of drug-likeness (QED) is 0.355. The molecule has 0 spiro atoms. The number of unbranched alkanes of at least 4 members (excludes halogenated alkanes) is 2. The number of carbonyl (C=O) groups excluding carboxylic acids is 3. The van der Waals surface area contributed by atoms with E-state index in [2.05, 4.69) is 32.3 Å². The van der Waals surface area contributed by atoms with Gasteiger partial charge in [-0.15, -0.1) is 0 Å². The van der Waals surface area contributed by atoms with Crippen molar-refractivity contribution >= 4 is 17.7 Å². The minimum Gasteiger partial charge on any atom is -0.322 e. The van der Waals surface area contributed by atoms with Gasteiger partial charge in [0, 0.05) is 62.7 Å². The first kappa shape index (κ1) is 24.9. The number of amides is 3. The van der Waals surface area contributed by atoms with Gasteiger partial charge in [-0.05, 0) is 75.5 Å². The molecule has 3 amide bonds. The Balaban J connectivity index is 1.04. The molecular formula is C28H37N5O3. The Hall–Kier alpha value is -2.73. The number of hydrogen-bond acceptors (Lipinski definition) is 6. The van der Waals surface area contributed by atoms with E-state index in [1.54, 1.807) is 4.90 Å². The Morgan fingerprint density at radius 2 is 1.78 bits per heavy atom. The molecule has 5 rings (SSSR count). The summed E-state index contributed by atoms with van der Waals surface area (Å²) in [6.45, 7) is 8.63. The highest BCUT2D eigenvalue weighted by atomic mass is 16.2. The predicted molar refractivity (Wildman–Crippen MR) is 137 cm³/mol. The second-order valence-electron chi connectivity index (χ2n) is 10.4. The molecule has 192 valence electrons. The topological polar surface area (TPSA) is 85.0 Å². The van der Waals surface area contributed by atoms with Gasteiger partial charge >= 0.3 is 0 Å². The zero-order chi connectivity index (χ0) is 24.9. The molecule has 1 unspecified atom stereocenters. The van der Waals surface area contributed by atoms with Gasteiger partial charge in [0.2, 0.25) is 11.8 Å². The summed E-state index contributed by atoms with van der Waals surface area (Å²) in [5.74, 6) is 5.75. The number of rotatable bonds is 6. The average Bonchev–Trinajstić information content (AvgIpc) is 3.22. The lowest BCUT2D eigenvalue weighted by Crippen LogP contribution is -2.52. The molecule has 8 heteroatoms. The van der Waals surface area contributed by atoms with E-state index < -0.39 is 6.04 Å². The molecule has 8 nitrogen and oxygen atoms in total. The van der Waals surface area contributed by atoms with Crippen LogP contribution in [0, 0.1) is 11.8 Å². The van der Waals surface area contributed by atoms with E-state index in [4.69, 9.17) is 0 Å². The number of fused-ring (bicyclic) bond motifs is 1. The highest BCUT2D eigenvalue weighted by Gasteiger charge is 2.39. The first-order valence-corrected chi connectivity index (χ1v) is 13.5. The summed E-state index contributed by atoms with van der Waals surface area (Å²) >= 11 is 0. The summed E-state index contributed by atoms with van der Waals surface area (Å²) < 4.78 is 0. The molecule has 1 atom stereocenters. The molecule has 0 aliphatic carbocycles. The van der Waals surface area contributed by atoms with Crippen LogP contribution in [-0.2, 0) is 16.1 Å². The number of benzene rings is 1. The lowest BCUT2D eigenvalue weighted by atomic mass is 10.0. The van der Waals surface area contributed by atoms with Crippen molar-refractivity contribution in [2.24, 2.45) is 0 Å². The monoisotopic (exact) mass is 491 g/mol. The van der Waals surface area contributed by atoms with E-state index in [1.807, 2.05) is 18.2 Å². The van der Waals surface area contributed by atoms with Crippen LogP contribution in [0.5, 0.6) is 0 Å². The zero-order valence-electron chi connectivity index (χ0n) is 21.1. The fourth-order valence-electron chi connectivity index (χ4n) is 5.89. The fraction of sp³-hybridized carbons (Fsp3) is 0.607. The van der Waals surface area contributed by atoms with Gasteiger partial charge in [0.15, 0.2) is 0 Å². The van der Waals surface area contributed by atoms with Crippen molar-refractivity contribution in [2.45, 2.75) is 63.6 Å². The van der Waals surface area contributed by atoms with Crippen molar-refractivity contribution in [1.29, 1.82) is 0 Å². The van der Waals surface area contributed by atoms with Crippen LogP contribution in [-0.4, -0.2) is 90.3 Å². The molecular weight excluding hydrogens is 454 g/mol. The van der Waals surface area contributed by atoms with Crippen LogP contribution in [0.2, 0.25) is 0 Å². The zero-order valence-corrected chi connectivity index (χ0v) is 21.1. The smallest absolute Gasteiger partial charge is 0.255 e. The molecule has 2 N–H and O–H groups in total. The standard InChI is InChI=1S/C28H37N5O3/c34-26-9-8-25(27(35)30-26)33-20-22-19-21(6-7-24(22)28(33)36)5-3-1-2-4-14-31-15-17-32(18-16-31)23-10-12-29-13-11-23/h6-7,19,23,25,29H,1-2,4,8-18,20H2,(H,30,34,35). The maximum absolute atomic E-state index is 12.8. The van der Waals surface area contributed by atoms with Crippen LogP contribution < -0.4 is 10.6 Å². The van der Waals surface area contributed by atoms with Gasteiger partial charge < -0.3 is 15.1 Å². The maximum Gasteiger partial charge on any atom is 0.255 e. The minimum atomic E-state index is -0.579. The van der Waals surface area contributed by atoms with Crippen LogP contribution in [0.25, 0.3) is 0 Å². The normalized spacial score (nSPS) is 23.8. The summed E-state index contributed by atoms with van der Waals surface area (Å²) in [4.78, 5) is 43.3. The van der Waals surface area contributed by atoms with Crippen molar-refractivity contribution in [1.82, 2.24) is 25.3 Å². The van der Waals surface area contributed by atoms with Crippen LogP contribution in [0.4, 0.5) is 0 Å². The summed E-state index contributed by atoms with van der Waals surface area (Å²) in [5.41, 5.74) is 2.44. The van der Waals surface area contributed by atoms with Crippen LogP contribution in [0.1, 0.15) is 66.4 Å². The number of nitrogens with zero attached hydrogens (tertiary/aromatic N) is 3. The van der Waals surface area contributed by atoms with Gasteiger partial charge in [-0.3, -0.25) is 24.6 Å². The number of nitrogens with one attached hydrogen (secondary N) is 2. The van der Waals surface area contributed by atoms with Crippen molar-refractivity contribution in [3.05, 3.63) is 34.9 Å². The maximum atomic E-state index is 12.8. The molecule has 0 aromatic heterocycles. The SMILES string of the molecule is O=C1CCC(N2Cc3cc(C#CCCCCN4CCN(C5CCNCC5)CC4)ccc3C2=O)C(=O)N1. The Labute approximate surface area is 213 Å². The Morgan fingerprint density at radius 3 is 2.56 bits per heavy atom. The Morgan fingerprint density at radius 1 is 0.972 bits per heavy atom. The van der Waals surface area contributed by atoms with Crippen molar-refractivity contribution in [3.63, 3.8) is 0 Å². The van der Waals surface area contributed by atoms with Crippen molar-refractivity contribution in [2.75, 3.05) is 45.8 Å². The van der Waals surface area contributed by atoms with Gasteiger partial charge in [-0.1, -0.05) is 11.8 Å². The second kappa shape index (κ2) is 11.5. The van der Waals surface area contributed by atoms with E-state index in [-0.39, 0.29) is 24.1 Å². The van der Waals surface area contributed by atoms with Gasteiger partial charge in [-0.2, -0.15) is 0 Å². The molecule has 3 fully saturated rings. The van der Waals surface area contributed by atoms with Crippen molar-refractivity contribution in [3.8, 4) is 11.8 Å². The summed E-state index contributed by atoms with van der Waals surface area (Å²) in [7, 11) is 0. The van der Waals surface area contributed by atoms with Crippen LogP contribution >= 0.6 is 0 Å². The minimum absolute atomic E-state index is 0.143. The molecule has 4 aliphatic rings. The van der Waals surface area contributed by atoms with Crippen LogP contribution in [0.15, 0.2) is 18.2 Å². The number of hydrogen-bond donors (Lipinski definition) is 2. The molecule has 0 bridgehead atoms. The van der Waals surface area contributed by atoms with Gasteiger partial charge in [0.1, 0.15) is 6.04 Å². The number of piperazine rings is 1. The van der Waals surface area contributed by atoms with Gasteiger partial charge in [0.05, 0.1) is 0 Å². The van der Waals surface area contributed by atoms with Crippen LogP contribution in [0.3, 0.4) is 0 Å². The predicted octanol–water partition coefficient (Wildman–Crippen LogP) is 1.34. The van der Waals surface area contributed by atoms with Crippen molar-refractivity contribution < 1.29 is 14.4 Å². The first-order valence-electron chi connectivity index (χ1n) is 13.5. The molecule has 0 saturated carbocycles. The summed E-state index contributed by atoms with van der Waals surface area (Å²) in [6.07, 6.45) is 6.35. The lowest BCUT2D eigenvalue weighted by molar-refractivity contribution is -0.136. The molecule has 36 heavy (non-hydrogen) atoms. The fourth-order valence-corrected chi connectivity index (χ4v) is 5.89. The van der Waals surface area contributed by atoms with Gasteiger partial charge in [0.25, 0.3) is 5.91 Å². The Kier molecular flexibility index (Phi) is 8.00. The number of piperidine rings is 2. The second-order valence-corrected chi connectivity index (χ2v) is 10.4. The van der Waals surface area contributed by atoms with E-state index in [0.717, 1.165) is 49.6 Å². The van der Waals surface area contributed by atoms with Gasteiger partial charge in [-0.25, -0.2) is 0 Å². The highest BCUT2D eigenvalue weighted by Crippen LogP contribution is 2.28. The van der Waals surface area contributed by atoms with E-state index in [9.17, 15) is 14.4 Å². The van der Waals surface area contributed by atoms with E-state index in [0.29, 0.717) is 18.5 Å². The molecule has 4 aliphatic heterocycles. The highest BCUT2D eigenvalue weighted by molar-refractivity contribution is 6.05. The Bertz CT molecular complexity index is 1050. The number of carbonyl (C=O) groups is 3. The van der Waals surface area contributed by atoms with E-state index >= 15 is 0 Å². The number of imide groups is 1. The molecule has 3 saturated heterocycles. The molecule has 0 radical (unpaired) electrons. The molecule has 4 heterocycles. The average molecular weight is 492 g/mol. The third-order valence-electron chi connectivity index (χ3n) is 8.01. The molecule has 1 aromatic carbocycles. The summed E-state index contributed by atoms with van der Waals surface area (Å²) in [6, 6.07) is 5.87. The third-order valence-corrected chi connectivity index (χ3v) is 8.01. The van der Waals surface area contributed by atoms with E-state index in [1.165, 1.54) is 45.4 Å². The lowest BCUT2D eigenvalue weighted by Gasteiger charge is -2.40. The first-order chi connectivity index (χ1) is 17.6. The largest absolute Gasteiger partial charge is 0.322 e. The molecule has 1 aromatic rings. The third kappa shape index (κ3) is 5.80.